The topological polar surface area (TPSA) is 63.1 Å². The number of carbonyl (C=O) groups is 1. The third-order valence-corrected chi connectivity index (χ3v) is 5.94. The Balaban J connectivity index is 1.41. The Morgan fingerprint density at radius 3 is 3.08 bits per heavy atom. The maximum absolute atomic E-state index is 12.6. The molecular weight excluding hydrogens is 322 g/mol. The van der Waals surface area contributed by atoms with E-state index in [1.54, 1.807) is 11.3 Å². The van der Waals surface area contributed by atoms with Crippen LogP contribution in [0.2, 0.25) is 0 Å². The lowest BCUT2D eigenvalue weighted by Gasteiger charge is -2.24. The van der Waals surface area contributed by atoms with Crippen molar-refractivity contribution in [3.8, 4) is 0 Å². The van der Waals surface area contributed by atoms with Crippen molar-refractivity contribution in [3.63, 3.8) is 0 Å². The van der Waals surface area contributed by atoms with Gasteiger partial charge < -0.3 is 14.8 Å². The second-order valence-electron chi connectivity index (χ2n) is 6.52. The molecule has 0 saturated carbocycles. The summed E-state index contributed by atoms with van der Waals surface area (Å²) in [6.07, 6.45) is 6.70. The summed E-state index contributed by atoms with van der Waals surface area (Å²) in [6.45, 7) is 2.25. The van der Waals surface area contributed by atoms with Crippen LogP contribution in [-0.2, 0) is 19.5 Å². The molecule has 0 radical (unpaired) electrons. The van der Waals surface area contributed by atoms with Gasteiger partial charge in [-0.05, 0) is 37.1 Å². The number of hydrogen-bond donors (Lipinski definition) is 1. The summed E-state index contributed by atoms with van der Waals surface area (Å²) in [5, 5.41) is 13.7. The fraction of sp³-hybridized carbons (Fsp3) is 0.588. The second kappa shape index (κ2) is 6.93. The maximum Gasteiger partial charge on any atom is 0.318 e. The predicted octanol–water partition coefficient (Wildman–Crippen LogP) is 3.11. The Morgan fingerprint density at radius 2 is 2.21 bits per heavy atom. The van der Waals surface area contributed by atoms with Crippen LogP contribution < -0.4 is 5.32 Å². The van der Waals surface area contributed by atoms with Crippen LogP contribution in [0.4, 0.5) is 4.79 Å². The molecule has 24 heavy (non-hydrogen) atoms. The molecule has 1 unspecified atom stereocenters. The third-order valence-electron chi connectivity index (χ3n) is 4.97. The minimum absolute atomic E-state index is 0.0110. The van der Waals surface area contributed by atoms with E-state index in [2.05, 4.69) is 37.6 Å². The number of nitrogens with one attached hydrogen (secondary N) is 1. The number of rotatable bonds is 3. The minimum Gasteiger partial charge on any atom is -0.331 e. The van der Waals surface area contributed by atoms with E-state index < -0.39 is 0 Å². The molecule has 0 aromatic carbocycles. The van der Waals surface area contributed by atoms with Crippen LogP contribution in [0.1, 0.15) is 54.7 Å². The van der Waals surface area contributed by atoms with Crippen molar-refractivity contribution < 1.29 is 4.79 Å². The van der Waals surface area contributed by atoms with Crippen molar-refractivity contribution in [1.82, 2.24) is 25.0 Å². The van der Waals surface area contributed by atoms with Crippen molar-refractivity contribution in [3.05, 3.63) is 34.0 Å². The maximum atomic E-state index is 12.6. The molecule has 128 valence electrons. The van der Waals surface area contributed by atoms with Gasteiger partial charge in [0.1, 0.15) is 5.82 Å². The monoisotopic (exact) mass is 345 g/mol. The fourth-order valence-corrected chi connectivity index (χ4v) is 4.59. The van der Waals surface area contributed by atoms with Gasteiger partial charge in [-0.15, -0.1) is 21.5 Å². The number of amides is 2. The largest absolute Gasteiger partial charge is 0.331 e. The Morgan fingerprint density at radius 1 is 1.25 bits per heavy atom. The molecule has 1 saturated heterocycles. The van der Waals surface area contributed by atoms with Gasteiger partial charge in [0, 0.05) is 24.4 Å². The first kappa shape index (κ1) is 15.6. The van der Waals surface area contributed by atoms with E-state index in [1.165, 1.54) is 24.1 Å². The molecule has 7 heteroatoms. The van der Waals surface area contributed by atoms with Gasteiger partial charge in [0.05, 0.1) is 12.6 Å². The molecule has 4 heterocycles. The highest BCUT2D eigenvalue weighted by Gasteiger charge is 2.30. The van der Waals surface area contributed by atoms with Gasteiger partial charge in [-0.3, -0.25) is 0 Å². The number of carbonyl (C=O) groups excluding carboxylic acids is 1. The lowest BCUT2D eigenvalue weighted by molar-refractivity contribution is 0.193. The smallest absolute Gasteiger partial charge is 0.318 e. The Labute approximate surface area is 145 Å². The number of nitrogens with zero attached hydrogens (tertiary/aromatic N) is 4. The molecule has 2 aromatic heterocycles. The first-order valence-electron chi connectivity index (χ1n) is 8.82. The van der Waals surface area contributed by atoms with Crippen LogP contribution in [0.3, 0.4) is 0 Å². The number of thiophene rings is 1. The molecular formula is C17H23N5OS. The van der Waals surface area contributed by atoms with Crippen LogP contribution in [0.25, 0.3) is 0 Å². The summed E-state index contributed by atoms with van der Waals surface area (Å²) in [5.41, 5.74) is 0. The van der Waals surface area contributed by atoms with Gasteiger partial charge >= 0.3 is 6.03 Å². The zero-order chi connectivity index (χ0) is 16.4. The zero-order valence-electron chi connectivity index (χ0n) is 13.8. The molecule has 2 aliphatic rings. The molecule has 1 N–H and O–H groups in total. The van der Waals surface area contributed by atoms with Crippen molar-refractivity contribution in [2.24, 2.45) is 0 Å². The Kier molecular flexibility index (Phi) is 4.51. The van der Waals surface area contributed by atoms with E-state index in [-0.39, 0.29) is 12.1 Å². The molecule has 0 aliphatic carbocycles. The third kappa shape index (κ3) is 3.05. The van der Waals surface area contributed by atoms with Gasteiger partial charge in [0.2, 0.25) is 0 Å². The molecule has 4 rings (SSSR count). The molecule has 2 aromatic rings. The molecule has 6 nitrogen and oxygen atoms in total. The summed E-state index contributed by atoms with van der Waals surface area (Å²) < 4.78 is 2.19. The van der Waals surface area contributed by atoms with E-state index >= 15 is 0 Å². The van der Waals surface area contributed by atoms with Gasteiger partial charge in [-0.2, -0.15) is 0 Å². The number of urea groups is 1. The Hall–Kier alpha value is -1.89. The van der Waals surface area contributed by atoms with Crippen LogP contribution in [-0.4, -0.2) is 32.2 Å². The average Bonchev–Trinajstić information content (AvgIpc) is 3.31. The van der Waals surface area contributed by atoms with Crippen molar-refractivity contribution >= 4 is 17.4 Å². The first-order valence-corrected chi connectivity index (χ1v) is 9.70. The highest BCUT2D eigenvalue weighted by Crippen LogP contribution is 2.34. The fourth-order valence-electron chi connectivity index (χ4n) is 3.72. The molecule has 0 bridgehead atoms. The number of hydrogen-bond acceptors (Lipinski definition) is 4. The SMILES string of the molecule is O=C(NCc1nnc2n1CCCCC2)N1CCCC1c1cccs1. The summed E-state index contributed by atoms with van der Waals surface area (Å²) in [7, 11) is 0. The number of aromatic nitrogens is 3. The first-order chi connectivity index (χ1) is 11.8. The normalized spacial score (nSPS) is 20.7. The van der Waals surface area contributed by atoms with Crippen LogP contribution in [0.15, 0.2) is 17.5 Å². The summed E-state index contributed by atoms with van der Waals surface area (Å²) in [4.78, 5) is 15.9. The highest BCUT2D eigenvalue weighted by molar-refractivity contribution is 7.10. The van der Waals surface area contributed by atoms with Crippen molar-refractivity contribution in [2.45, 2.75) is 57.7 Å². The molecule has 1 fully saturated rings. The van der Waals surface area contributed by atoms with Gasteiger partial charge in [-0.25, -0.2) is 4.79 Å². The van der Waals surface area contributed by atoms with Crippen LogP contribution >= 0.6 is 11.3 Å². The quantitative estimate of drug-likeness (QED) is 0.930. The van der Waals surface area contributed by atoms with Crippen molar-refractivity contribution in [1.29, 1.82) is 0 Å². The van der Waals surface area contributed by atoms with E-state index in [9.17, 15) is 4.79 Å². The van der Waals surface area contributed by atoms with Crippen molar-refractivity contribution in [2.75, 3.05) is 6.54 Å². The van der Waals surface area contributed by atoms with Gasteiger partial charge in [0.25, 0.3) is 0 Å². The van der Waals surface area contributed by atoms with E-state index in [0.717, 1.165) is 44.0 Å². The van der Waals surface area contributed by atoms with Gasteiger partial charge in [0.15, 0.2) is 5.82 Å². The minimum atomic E-state index is 0.0110. The number of fused-ring (bicyclic) bond motifs is 1. The zero-order valence-corrected chi connectivity index (χ0v) is 14.6. The Bertz CT molecular complexity index is 696. The summed E-state index contributed by atoms with van der Waals surface area (Å²) >= 11 is 1.73. The predicted molar refractivity (Wildman–Crippen MR) is 92.8 cm³/mol. The molecule has 2 amide bonds. The number of aryl methyl sites for hydroxylation is 1. The summed E-state index contributed by atoms with van der Waals surface area (Å²) in [6, 6.07) is 4.41. The summed E-state index contributed by atoms with van der Waals surface area (Å²) in [5.74, 6) is 1.95. The lowest BCUT2D eigenvalue weighted by Crippen LogP contribution is -2.39. The van der Waals surface area contributed by atoms with E-state index in [0.29, 0.717) is 6.54 Å². The number of likely N-dealkylation sites (tertiary alicyclic amines) is 1. The van der Waals surface area contributed by atoms with E-state index in [4.69, 9.17) is 0 Å². The highest BCUT2D eigenvalue weighted by atomic mass is 32.1. The standard InChI is InChI=1S/C17H23N5OS/c23-17(21-10-4-6-13(21)14-7-5-11-24-14)18-12-16-20-19-15-8-2-1-3-9-22(15)16/h5,7,11,13H,1-4,6,8-10,12H2,(H,18,23). The molecule has 0 spiro atoms. The van der Waals surface area contributed by atoms with Crippen LogP contribution in [0, 0.1) is 0 Å². The second-order valence-corrected chi connectivity index (χ2v) is 7.50. The van der Waals surface area contributed by atoms with Crippen LogP contribution in [0.5, 0.6) is 0 Å². The average molecular weight is 345 g/mol. The molecule has 1 atom stereocenters. The lowest BCUT2D eigenvalue weighted by atomic mass is 10.2. The van der Waals surface area contributed by atoms with E-state index in [1.807, 2.05) is 4.90 Å². The van der Waals surface area contributed by atoms with Gasteiger partial charge in [-0.1, -0.05) is 12.5 Å². The molecule has 2 aliphatic heterocycles.